The molecule has 0 aliphatic carbocycles. The van der Waals surface area contributed by atoms with Crippen molar-refractivity contribution in [2.24, 2.45) is 0 Å². The Kier molecular flexibility index (Phi) is 7.55. The first kappa shape index (κ1) is 24.6. The molecule has 3 heterocycles. The fraction of sp³-hybridized carbons (Fsp3) is 0.259. The Bertz CT molecular complexity index is 1320. The van der Waals surface area contributed by atoms with Crippen molar-refractivity contribution in [3.8, 4) is 28.6 Å². The van der Waals surface area contributed by atoms with E-state index in [0.29, 0.717) is 24.1 Å². The van der Waals surface area contributed by atoms with Crippen molar-refractivity contribution in [2.45, 2.75) is 5.16 Å². The van der Waals surface area contributed by atoms with E-state index in [9.17, 15) is 4.79 Å². The summed E-state index contributed by atoms with van der Waals surface area (Å²) in [5.41, 5.74) is 2.86. The monoisotopic (exact) mass is 516 g/mol. The van der Waals surface area contributed by atoms with Gasteiger partial charge in [0.1, 0.15) is 11.5 Å². The molecule has 0 N–H and O–H groups in total. The van der Waals surface area contributed by atoms with Crippen LogP contribution < -0.4 is 14.4 Å². The fourth-order valence-corrected chi connectivity index (χ4v) is 5.09. The second-order valence-corrected chi connectivity index (χ2v) is 9.38. The van der Waals surface area contributed by atoms with Crippen LogP contribution in [0.2, 0.25) is 0 Å². The summed E-state index contributed by atoms with van der Waals surface area (Å²) in [4.78, 5) is 21.5. The number of piperazine rings is 1. The molecule has 5 rings (SSSR count). The zero-order valence-electron chi connectivity index (χ0n) is 20.8. The van der Waals surface area contributed by atoms with E-state index in [-0.39, 0.29) is 11.7 Å². The van der Waals surface area contributed by atoms with Crippen LogP contribution in [0.3, 0.4) is 0 Å². The fourth-order valence-electron chi connectivity index (χ4n) is 4.23. The molecule has 1 amide bonds. The number of nitrogens with zero attached hydrogens (tertiary/aromatic N) is 6. The molecule has 10 heteroatoms. The average molecular weight is 517 g/mol. The van der Waals surface area contributed by atoms with Crippen molar-refractivity contribution in [3.63, 3.8) is 0 Å². The van der Waals surface area contributed by atoms with Crippen LogP contribution in [0.1, 0.15) is 0 Å². The summed E-state index contributed by atoms with van der Waals surface area (Å²) in [5.74, 6) is 2.64. The highest BCUT2D eigenvalue weighted by molar-refractivity contribution is 7.99. The second-order valence-electron chi connectivity index (χ2n) is 8.44. The van der Waals surface area contributed by atoms with Gasteiger partial charge >= 0.3 is 0 Å². The molecule has 37 heavy (non-hydrogen) atoms. The molecule has 1 fully saturated rings. The van der Waals surface area contributed by atoms with Gasteiger partial charge < -0.3 is 19.3 Å². The molecule has 1 saturated heterocycles. The van der Waals surface area contributed by atoms with Crippen LogP contribution >= 0.6 is 11.8 Å². The van der Waals surface area contributed by atoms with Crippen LogP contribution in [0.5, 0.6) is 11.5 Å². The molecule has 0 unspecified atom stereocenters. The van der Waals surface area contributed by atoms with Gasteiger partial charge in [-0.15, -0.1) is 10.2 Å². The Morgan fingerprint density at radius 1 is 0.865 bits per heavy atom. The maximum absolute atomic E-state index is 13.1. The minimum atomic E-state index is 0.0894. The van der Waals surface area contributed by atoms with Crippen molar-refractivity contribution < 1.29 is 14.3 Å². The van der Waals surface area contributed by atoms with Crippen molar-refractivity contribution >= 4 is 23.4 Å². The molecule has 1 aliphatic rings. The highest BCUT2D eigenvalue weighted by Crippen LogP contribution is 2.29. The predicted octanol–water partition coefficient (Wildman–Crippen LogP) is 3.79. The maximum Gasteiger partial charge on any atom is 0.233 e. The molecule has 0 atom stereocenters. The first-order chi connectivity index (χ1) is 18.2. The van der Waals surface area contributed by atoms with Crippen molar-refractivity contribution in [1.82, 2.24) is 24.6 Å². The molecule has 9 nitrogen and oxygen atoms in total. The molecule has 190 valence electrons. The van der Waals surface area contributed by atoms with E-state index in [1.54, 1.807) is 26.6 Å². The largest absolute Gasteiger partial charge is 0.497 e. The van der Waals surface area contributed by atoms with Gasteiger partial charge in [0.2, 0.25) is 5.91 Å². The van der Waals surface area contributed by atoms with Gasteiger partial charge in [-0.25, -0.2) is 0 Å². The minimum Gasteiger partial charge on any atom is -0.497 e. The number of anilines is 1. The lowest BCUT2D eigenvalue weighted by atomic mass is 10.2. The molecule has 0 radical (unpaired) electrons. The number of hydrogen-bond donors (Lipinski definition) is 0. The normalized spacial score (nSPS) is 13.5. The highest BCUT2D eigenvalue weighted by Gasteiger charge is 2.23. The molecule has 0 saturated carbocycles. The third-order valence-corrected chi connectivity index (χ3v) is 7.19. The number of aromatic nitrogens is 4. The van der Waals surface area contributed by atoms with E-state index >= 15 is 0 Å². The summed E-state index contributed by atoms with van der Waals surface area (Å²) < 4.78 is 12.5. The summed E-state index contributed by atoms with van der Waals surface area (Å²) >= 11 is 1.39. The summed E-state index contributed by atoms with van der Waals surface area (Å²) in [6.45, 7) is 2.93. The summed E-state index contributed by atoms with van der Waals surface area (Å²) in [6.07, 6.45) is 3.48. The number of pyridine rings is 1. The van der Waals surface area contributed by atoms with E-state index in [4.69, 9.17) is 9.47 Å². The predicted molar refractivity (Wildman–Crippen MR) is 144 cm³/mol. The molecule has 2 aromatic heterocycles. The van der Waals surface area contributed by atoms with Crippen LogP contribution in [-0.4, -0.2) is 76.7 Å². The molecular weight excluding hydrogens is 488 g/mol. The number of methoxy groups -OCH3 is 2. The smallest absolute Gasteiger partial charge is 0.233 e. The topological polar surface area (TPSA) is 85.6 Å². The number of carbonyl (C=O) groups is 1. The van der Waals surface area contributed by atoms with Gasteiger partial charge in [0, 0.05) is 55.5 Å². The Balaban J connectivity index is 1.27. The van der Waals surface area contributed by atoms with Crippen molar-refractivity contribution in [2.75, 3.05) is 51.1 Å². The summed E-state index contributed by atoms with van der Waals surface area (Å²) in [5, 5.41) is 9.50. The van der Waals surface area contributed by atoms with Crippen LogP contribution in [0.15, 0.2) is 78.2 Å². The van der Waals surface area contributed by atoms with E-state index in [2.05, 4.69) is 32.2 Å². The standard InChI is InChI=1S/C27H28N6O3S/c1-35-23-9-5-21(6-10-23)31-14-16-32(17-15-31)25(34)19-37-27-30-29-26(20-4-3-13-28-18-20)33(27)22-7-11-24(36-2)12-8-22/h3-13,18H,14-17,19H2,1-2H3. The number of carbonyl (C=O) groups excluding carboxylic acids is 1. The lowest BCUT2D eigenvalue weighted by molar-refractivity contribution is -0.128. The Hall–Kier alpha value is -4.05. The van der Waals surface area contributed by atoms with Crippen LogP contribution in [0.4, 0.5) is 5.69 Å². The Morgan fingerprint density at radius 2 is 1.51 bits per heavy atom. The molecule has 0 bridgehead atoms. The Morgan fingerprint density at radius 3 is 2.11 bits per heavy atom. The van der Waals surface area contributed by atoms with Gasteiger partial charge in [-0.05, 0) is 60.7 Å². The quantitative estimate of drug-likeness (QED) is 0.327. The first-order valence-corrected chi connectivity index (χ1v) is 12.9. The number of benzene rings is 2. The number of thioether (sulfide) groups is 1. The van der Waals surface area contributed by atoms with E-state index in [0.717, 1.165) is 41.5 Å². The molecule has 0 spiro atoms. The third kappa shape index (κ3) is 5.54. The number of hydrogen-bond acceptors (Lipinski definition) is 8. The lowest BCUT2D eigenvalue weighted by Crippen LogP contribution is -2.49. The molecule has 1 aliphatic heterocycles. The lowest BCUT2D eigenvalue weighted by Gasteiger charge is -2.36. The third-order valence-electron chi connectivity index (χ3n) is 6.28. The number of ether oxygens (including phenoxy) is 2. The van der Waals surface area contributed by atoms with E-state index in [1.807, 2.05) is 58.0 Å². The van der Waals surface area contributed by atoms with E-state index in [1.165, 1.54) is 11.8 Å². The number of amides is 1. The SMILES string of the molecule is COc1ccc(N2CCN(C(=O)CSc3nnc(-c4cccnc4)n3-c3ccc(OC)cc3)CC2)cc1. The number of rotatable bonds is 8. The van der Waals surface area contributed by atoms with Crippen LogP contribution in [0.25, 0.3) is 17.1 Å². The zero-order valence-corrected chi connectivity index (χ0v) is 21.6. The van der Waals surface area contributed by atoms with Gasteiger partial charge in [0.15, 0.2) is 11.0 Å². The van der Waals surface area contributed by atoms with Gasteiger partial charge in [-0.3, -0.25) is 14.3 Å². The van der Waals surface area contributed by atoms with Crippen molar-refractivity contribution in [3.05, 3.63) is 73.1 Å². The second kappa shape index (κ2) is 11.3. The van der Waals surface area contributed by atoms with E-state index < -0.39 is 0 Å². The Labute approximate surface area is 220 Å². The van der Waals surface area contributed by atoms with Gasteiger partial charge in [0.25, 0.3) is 0 Å². The van der Waals surface area contributed by atoms with Crippen molar-refractivity contribution in [1.29, 1.82) is 0 Å². The molecular formula is C27H28N6O3S. The van der Waals surface area contributed by atoms with Gasteiger partial charge in [-0.2, -0.15) is 0 Å². The minimum absolute atomic E-state index is 0.0894. The average Bonchev–Trinajstić information content (AvgIpc) is 3.40. The van der Waals surface area contributed by atoms with Crippen LogP contribution in [-0.2, 0) is 4.79 Å². The maximum atomic E-state index is 13.1. The highest BCUT2D eigenvalue weighted by atomic mass is 32.2. The van der Waals surface area contributed by atoms with Crippen LogP contribution in [0, 0.1) is 0 Å². The zero-order chi connectivity index (χ0) is 25.6. The molecule has 4 aromatic rings. The molecule has 2 aromatic carbocycles. The van der Waals surface area contributed by atoms with Gasteiger partial charge in [-0.1, -0.05) is 11.8 Å². The van der Waals surface area contributed by atoms with Gasteiger partial charge in [0.05, 0.1) is 20.0 Å². The summed E-state index contributed by atoms with van der Waals surface area (Å²) in [7, 11) is 3.30. The first-order valence-electron chi connectivity index (χ1n) is 12.0. The summed E-state index contributed by atoms with van der Waals surface area (Å²) in [6, 6.07) is 19.5.